The highest BCUT2D eigenvalue weighted by atomic mass is 19.4. The molecule has 0 spiro atoms. The molecule has 35 heavy (non-hydrogen) atoms. The van der Waals surface area contributed by atoms with Gasteiger partial charge in [0.2, 0.25) is 0 Å². The van der Waals surface area contributed by atoms with E-state index in [1.54, 1.807) is 30.3 Å². The van der Waals surface area contributed by atoms with Crippen molar-refractivity contribution in [1.29, 1.82) is 0 Å². The van der Waals surface area contributed by atoms with E-state index >= 15 is 0 Å². The Kier molecular flexibility index (Phi) is 6.47. The molecule has 0 radical (unpaired) electrons. The number of alkyl halides is 3. The predicted octanol–water partition coefficient (Wildman–Crippen LogP) is 5.23. The monoisotopic (exact) mass is 487 g/mol. The third-order valence-corrected chi connectivity index (χ3v) is 5.82. The predicted molar refractivity (Wildman–Crippen MR) is 123 cm³/mol. The van der Waals surface area contributed by atoms with Crippen LogP contribution in [0.4, 0.5) is 17.6 Å². The first-order valence-electron chi connectivity index (χ1n) is 10.6. The number of carbonyl (C=O) groups excluding carboxylic acids is 1. The van der Waals surface area contributed by atoms with Crippen LogP contribution in [0.3, 0.4) is 0 Å². The summed E-state index contributed by atoms with van der Waals surface area (Å²) in [6.45, 7) is 1.52. The number of oxime groups is 2. The maximum absolute atomic E-state index is 14.3. The molecule has 3 aromatic rings. The van der Waals surface area contributed by atoms with Gasteiger partial charge in [0.1, 0.15) is 12.9 Å². The lowest BCUT2D eigenvalue weighted by molar-refractivity contribution is -0.275. The molecule has 1 N–H and O–H groups in total. The third-order valence-electron chi connectivity index (χ3n) is 5.82. The Labute approximate surface area is 198 Å². The van der Waals surface area contributed by atoms with Crippen molar-refractivity contribution in [3.63, 3.8) is 0 Å². The Morgan fingerprint density at radius 3 is 2.63 bits per heavy atom. The SMILES string of the molecule is CO/N=C/CNC(=O)c1ccc(C2=NOC(c3ccc(F)c(C)c3)(C(F)(F)F)C2)c2ccccc12. The van der Waals surface area contributed by atoms with E-state index in [1.165, 1.54) is 26.3 Å². The van der Waals surface area contributed by atoms with Crippen molar-refractivity contribution < 1.29 is 32.0 Å². The zero-order valence-corrected chi connectivity index (χ0v) is 18.8. The molecule has 1 atom stereocenters. The van der Waals surface area contributed by atoms with Crippen LogP contribution >= 0.6 is 0 Å². The van der Waals surface area contributed by atoms with E-state index in [2.05, 4.69) is 20.5 Å². The number of carbonyl (C=O) groups is 1. The van der Waals surface area contributed by atoms with Crippen molar-refractivity contribution in [2.75, 3.05) is 13.7 Å². The molecule has 0 saturated carbocycles. The standard InChI is InChI=1S/C25H21F4N3O3/c1-15-13-16(7-10-21(15)26)24(25(27,28)29)14-22(32-35-24)19-8-9-20(18-6-4-3-5-17(18)19)23(33)30-11-12-31-34-2/h3-10,12-13H,11,14H2,1-2H3,(H,30,33)/b31-12+. The summed E-state index contributed by atoms with van der Waals surface area (Å²) in [7, 11) is 1.38. The van der Waals surface area contributed by atoms with Crippen LogP contribution in [0, 0.1) is 12.7 Å². The van der Waals surface area contributed by atoms with Gasteiger partial charge >= 0.3 is 6.18 Å². The normalized spacial score (nSPS) is 17.9. The number of amides is 1. The van der Waals surface area contributed by atoms with Gasteiger partial charge in [-0.1, -0.05) is 46.7 Å². The number of fused-ring (bicyclic) bond motifs is 1. The lowest BCUT2D eigenvalue weighted by Gasteiger charge is -2.29. The second-order valence-electron chi connectivity index (χ2n) is 7.98. The summed E-state index contributed by atoms with van der Waals surface area (Å²) in [6, 6.07) is 13.1. The van der Waals surface area contributed by atoms with E-state index in [1.807, 2.05) is 0 Å². The number of hydrogen-bond acceptors (Lipinski definition) is 5. The van der Waals surface area contributed by atoms with Crippen LogP contribution in [0.25, 0.3) is 10.8 Å². The molecule has 0 aromatic heterocycles. The van der Waals surface area contributed by atoms with Gasteiger partial charge in [0.25, 0.3) is 11.5 Å². The molecule has 1 unspecified atom stereocenters. The quantitative estimate of drug-likeness (QED) is 0.294. The molecule has 0 fully saturated rings. The molecule has 182 valence electrons. The van der Waals surface area contributed by atoms with Gasteiger partial charge in [-0.05, 0) is 41.5 Å². The van der Waals surface area contributed by atoms with Crippen molar-refractivity contribution in [1.82, 2.24) is 5.32 Å². The first-order chi connectivity index (χ1) is 16.7. The van der Waals surface area contributed by atoms with Crippen LogP contribution in [-0.4, -0.2) is 37.7 Å². The number of nitrogens with zero attached hydrogens (tertiary/aromatic N) is 2. The molecule has 0 aliphatic carbocycles. The minimum Gasteiger partial charge on any atom is -0.399 e. The van der Waals surface area contributed by atoms with Crippen molar-refractivity contribution in [2.45, 2.75) is 25.1 Å². The number of benzene rings is 3. The lowest BCUT2D eigenvalue weighted by atomic mass is 9.84. The summed E-state index contributed by atoms with van der Waals surface area (Å²) >= 11 is 0. The minimum atomic E-state index is -4.82. The highest BCUT2D eigenvalue weighted by Gasteiger charge is 2.62. The molecule has 1 aliphatic heterocycles. The summed E-state index contributed by atoms with van der Waals surface area (Å²) in [6.07, 6.45) is -4.04. The molecule has 10 heteroatoms. The van der Waals surface area contributed by atoms with E-state index in [-0.39, 0.29) is 29.3 Å². The van der Waals surface area contributed by atoms with Gasteiger partial charge in [-0.15, -0.1) is 0 Å². The van der Waals surface area contributed by atoms with E-state index < -0.39 is 24.0 Å². The summed E-state index contributed by atoms with van der Waals surface area (Å²) in [5, 5.41) is 11.1. The van der Waals surface area contributed by atoms with Crippen molar-refractivity contribution in [3.8, 4) is 0 Å². The Bertz CT molecular complexity index is 1340. The molecule has 6 nitrogen and oxygen atoms in total. The zero-order chi connectivity index (χ0) is 25.2. The summed E-state index contributed by atoms with van der Waals surface area (Å²) < 4.78 is 56.7. The number of nitrogens with one attached hydrogen (secondary N) is 1. The third kappa shape index (κ3) is 4.43. The Hall–Kier alpha value is -3.95. The highest BCUT2D eigenvalue weighted by molar-refractivity contribution is 6.16. The van der Waals surface area contributed by atoms with Crippen LogP contribution in [0.2, 0.25) is 0 Å². The zero-order valence-electron chi connectivity index (χ0n) is 18.8. The molecule has 0 saturated heterocycles. The van der Waals surface area contributed by atoms with Crippen molar-refractivity contribution >= 4 is 28.6 Å². The maximum Gasteiger partial charge on any atom is 0.435 e. The lowest BCUT2D eigenvalue weighted by Crippen LogP contribution is -2.42. The molecule has 1 heterocycles. The topological polar surface area (TPSA) is 72.3 Å². The average molecular weight is 487 g/mol. The molecule has 1 aliphatic rings. The van der Waals surface area contributed by atoms with Crippen LogP contribution in [0.5, 0.6) is 0 Å². The first-order valence-corrected chi connectivity index (χ1v) is 10.6. The molecule has 4 rings (SSSR count). The average Bonchev–Trinajstić information content (AvgIpc) is 3.29. The number of aryl methyl sites for hydroxylation is 1. The van der Waals surface area contributed by atoms with Crippen LogP contribution in [0.1, 0.15) is 33.5 Å². The van der Waals surface area contributed by atoms with Crippen LogP contribution in [-0.2, 0) is 15.3 Å². The van der Waals surface area contributed by atoms with Gasteiger partial charge in [-0.25, -0.2) is 4.39 Å². The number of hydrogen-bond donors (Lipinski definition) is 1. The second kappa shape index (κ2) is 9.36. The van der Waals surface area contributed by atoms with Gasteiger partial charge in [0.05, 0.1) is 18.5 Å². The van der Waals surface area contributed by atoms with E-state index in [4.69, 9.17) is 4.84 Å². The molecular formula is C25H21F4N3O3. The number of rotatable bonds is 6. The van der Waals surface area contributed by atoms with Gasteiger partial charge < -0.3 is 15.0 Å². The minimum absolute atomic E-state index is 0.0690. The van der Waals surface area contributed by atoms with Gasteiger partial charge in [-0.2, -0.15) is 13.2 Å². The van der Waals surface area contributed by atoms with E-state index in [0.717, 1.165) is 18.2 Å². The smallest absolute Gasteiger partial charge is 0.399 e. The fraction of sp³-hybridized carbons (Fsp3) is 0.240. The number of halogens is 4. The summed E-state index contributed by atoms with van der Waals surface area (Å²) in [5.41, 5.74) is -2.10. The summed E-state index contributed by atoms with van der Waals surface area (Å²) in [4.78, 5) is 22.3. The van der Waals surface area contributed by atoms with Crippen molar-refractivity contribution in [2.24, 2.45) is 10.3 Å². The van der Waals surface area contributed by atoms with Gasteiger partial charge in [-0.3, -0.25) is 4.79 Å². The highest BCUT2D eigenvalue weighted by Crippen LogP contribution is 2.49. The maximum atomic E-state index is 14.3. The largest absolute Gasteiger partial charge is 0.435 e. The molecule has 1 amide bonds. The van der Waals surface area contributed by atoms with Crippen LogP contribution in [0.15, 0.2) is 64.9 Å². The summed E-state index contributed by atoms with van der Waals surface area (Å²) in [5.74, 6) is -0.995. The molecule has 0 bridgehead atoms. The van der Waals surface area contributed by atoms with E-state index in [0.29, 0.717) is 21.9 Å². The Morgan fingerprint density at radius 2 is 1.94 bits per heavy atom. The van der Waals surface area contributed by atoms with Gasteiger partial charge in [0.15, 0.2) is 0 Å². The van der Waals surface area contributed by atoms with Crippen molar-refractivity contribution in [3.05, 3.63) is 82.7 Å². The first kappa shape index (κ1) is 24.2. The second-order valence-corrected chi connectivity index (χ2v) is 7.98. The van der Waals surface area contributed by atoms with E-state index in [9.17, 15) is 22.4 Å². The fourth-order valence-electron chi connectivity index (χ4n) is 4.04. The van der Waals surface area contributed by atoms with Crippen LogP contribution < -0.4 is 5.32 Å². The molecule has 3 aromatic carbocycles. The molecular weight excluding hydrogens is 466 g/mol. The Morgan fingerprint density at radius 1 is 1.20 bits per heavy atom. The van der Waals surface area contributed by atoms with Gasteiger partial charge in [0, 0.05) is 23.1 Å². The Balaban J connectivity index is 1.72. The fourth-order valence-corrected chi connectivity index (χ4v) is 4.04.